The number of carbonyl (C=O) groups excluding carboxylic acids is 1. The van der Waals surface area contributed by atoms with Gasteiger partial charge in [-0.3, -0.25) is 9.89 Å². The Morgan fingerprint density at radius 3 is 3.17 bits per heavy atom. The summed E-state index contributed by atoms with van der Waals surface area (Å²) in [5, 5.41) is 9.07. The predicted molar refractivity (Wildman–Crippen MR) is 46.7 cm³/mol. The highest BCUT2D eigenvalue weighted by atomic mass is 16.1. The first-order chi connectivity index (χ1) is 5.83. The molecule has 0 radical (unpaired) electrons. The van der Waals surface area contributed by atoms with Gasteiger partial charge in [-0.2, -0.15) is 5.10 Å². The summed E-state index contributed by atoms with van der Waals surface area (Å²) in [5.41, 5.74) is 0.733. The van der Waals surface area contributed by atoms with Crippen molar-refractivity contribution in [1.82, 2.24) is 10.2 Å². The number of carbonyl (C=O) groups is 1. The maximum Gasteiger partial charge on any atom is 0.224 e. The fraction of sp³-hybridized carbons (Fsp3) is 0.500. The summed E-state index contributed by atoms with van der Waals surface area (Å²) in [6, 6.07) is 0. The lowest BCUT2D eigenvalue weighted by Gasteiger charge is -1.99. The molecule has 0 aliphatic heterocycles. The lowest BCUT2D eigenvalue weighted by Crippen LogP contribution is -2.10. The van der Waals surface area contributed by atoms with E-state index in [4.69, 9.17) is 0 Å². The number of nitrogens with zero attached hydrogens (tertiary/aromatic N) is 1. The second-order valence-electron chi connectivity index (χ2n) is 2.64. The highest BCUT2D eigenvalue weighted by molar-refractivity contribution is 5.90. The molecule has 1 amide bonds. The van der Waals surface area contributed by atoms with Gasteiger partial charge in [-0.05, 0) is 6.42 Å². The molecule has 2 N–H and O–H groups in total. The van der Waals surface area contributed by atoms with Gasteiger partial charge in [-0.15, -0.1) is 0 Å². The first-order valence-electron chi connectivity index (χ1n) is 4.11. The van der Waals surface area contributed by atoms with Crippen molar-refractivity contribution in [3.05, 3.63) is 12.4 Å². The van der Waals surface area contributed by atoms with E-state index in [2.05, 4.69) is 22.4 Å². The molecule has 1 aromatic heterocycles. The maximum absolute atomic E-state index is 11.1. The van der Waals surface area contributed by atoms with E-state index in [1.807, 2.05) is 0 Å². The molecule has 12 heavy (non-hydrogen) atoms. The van der Waals surface area contributed by atoms with Crippen LogP contribution in [0.1, 0.15) is 26.2 Å². The number of H-pyrrole nitrogens is 1. The second-order valence-corrected chi connectivity index (χ2v) is 2.64. The second kappa shape index (κ2) is 4.54. The Bertz CT molecular complexity index is 230. The number of rotatable bonds is 4. The van der Waals surface area contributed by atoms with Crippen LogP contribution in [0.15, 0.2) is 12.4 Å². The van der Waals surface area contributed by atoms with Gasteiger partial charge in [0.05, 0.1) is 11.9 Å². The number of nitrogens with one attached hydrogen (secondary N) is 2. The van der Waals surface area contributed by atoms with Crippen LogP contribution in [0.5, 0.6) is 0 Å². The smallest absolute Gasteiger partial charge is 0.224 e. The maximum atomic E-state index is 11.1. The third-order valence-corrected chi connectivity index (χ3v) is 1.54. The predicted octanol–water partition coefficient (Wildman–Crippen LogP) is 1.54. The summed E-state index contributed by atoms with van der Waals surface area (Å²) in [5.74, 6) is 0.0539. The third-order valence-electron chi connectivity index (χ3n) is 1.54. The van der Waals surface area contributed by atoms with Crippen molar-refractivity contribution in [3.8, 4) is 0 Å². The quantitative estimate of drug-likeness (QED) is 0.714. The van der Waals surface area contributed by atoms with E-state index < -0.39 is 0 Å². The minimum Gasteiger partial charge on any atom is -0.323 e. The van der Waals surface area contributed by atoms with Gasteiger partial charge in [0, 0.05) is 12.6 Å². The molecule has 0 saturated heterocycles. The first-order valence-corrected chi connectivity index (χ1v) is 4.11. The SMILES string of the molecule is CCCCC(=O)Nc1cn[nH]c1. The zero-order chi connectivity index (χ0) is 8.81. The largest absolute Gasteiger partial charge is 0.323 e. The molecule has 0 aromatic carbocycles. The zero-order valence-corrected chi connectivity index (χ0v) is 7.13. The van der Waals surface area contributed by atoms with Gasteiger partial charge in [-0.25, -0.2) is 0 Å². The summed E-state index contributed by atoms with van der Waals surface area (Å²) in [6.07, 6.45) is 5.80. The summed E-state index contributed by atoms with van der Waals surface area (Å²) in [7, 11) is 0. The Balaban J connectivity index is 2.27. The van der Waals surface area contributed by atoms with Gasteiger partial charge in [0.1, 0.15) is 0 Å². The molecule has 0 spiro atoms. The summed E-state index contributed by atoms with van der Waals surface area (Å²) >= 11 is 0. The minimum atomic E-state index is 0.0539. The molecule has 1 rings (SSSR count). The fourth-order valence-corrected chi connectivity index (χ4v) is 0.880. The lowest BCUT2D eigenvalue weighted by molar-refractivity contribution is -0.116. The van der Waals surface area contributed by atoms with E-state index in [-0.39, 0.29) is 5.91 Å². The van der Waals surface area contributed by atoms with Crippen molar-refractivity contribution < 1.29 is 4.79 Å². The molecule has 66 valence electrons. The number of hydrogen-bond acceptors (Lipinski definition) is 2. The van der Waals surface area contributed by atoms with Crippen molar-refractivity contribution in [2.24, 2.45) is 0 Å². The highest BCUT2D eigenvalue weighted by Gasteiger charge is 2.00. The molecule has 0 aliphatic carbocycles. The molecular weight excluding hydrogens is 154 g/mol. The fourth-order valence-electron chi connectivity index (χ4n) is 0.880. The molecule has 0 atom stereocenters. The molecule has 4 nitrogen and oxygen atoms in total. The lowest BCUT2D eigenvalue weighted by atomic mass is 10.2. The van der Waals surface area contributed by atoms with Crippen molar-refractivity contribution in [2.75, 3.05) is 5.32 Å². The summed E-state index contributed by atoms with van der Waals surface area (Å²) in [4.78, 5) is 11.1. The Hall–Kier alpha value is -1.32. The van der Waals surface area contributed by atoms with E-state index in [9.17, 15) is 4.79 Å². The van der Waals surface area contributed by atoms with Crippen LogP contribution < -0.4 is 5.32 Å². The summed E-state index contributed by atoms with van der Waals surface area (Å²) in [6.45, 7) is 2.06. The number of unbranched alkanes of at least 4 members (excludes halogenated alkanes) is 1. The third kappa shape index (κ3) is 2.74. The number of hydrogen-bond donors (Lipinski definition) is 2. The van der Waals surface area contributed by atoms with Gasteiger partial charge in [0.2, 0.25) is 5.91 Å². The molecule has 4 heteroatoms. The first kappa shape index (κ1) is 8.77. The van der Waals surface area contributed by atoms with Gasteiger partial charge in [0.25, 0.3) is 0 Å². The number of amides is 1. The van der Waals surface area contributed by atoms with Gasteiger partial charge in [-0.1, -0.05) is 13.3 Å². The molecular formula is C8H13N3O. The molecule has 0 saturated carbocycles. The van der Waals surface area contributed by atoms with E-state index in [1.54, 1.807) is 12.4 Å². The van der Waals surface area contributed by atoms with Crippen LogP contribution in [-0.4, -0.2) is 16.1 Å². The molecule has 0 bridgehead atoms. The monoisotopic (exact) mass is 167 g/mol. The average Bonchev–Trinajstić information content (AvgIpc) is 2.53. The van der Waals surface area contributed by atoms with Crippen molar-refractivity contribution in [2.45, 2.75) is 26.2 Å². The van der Waals surface area contributed by atoms with E-state index in [0.717, 1.165) is 18.5 Å². The molecule has 1 aromatic rings. The standard InChI is InChI=1S/C8H13N3O/c1-2-3-4-8(12)11-7-5-9-10-6-7/h5-6H,2-4H2,1H3,(H,9,10)(H,11,12). The van der Waals surface area contributed by atoms with Crippen molar-refractivity contribution >= 4 is 11.6 Å². The molecule has 0 aliphatic rings. The number of aromatic nitrogens is 2. The minimum absolute atomic E-state index is 0.0539. The Kier molecular flexibility index (Phi) is 3.32. The van der Waals surface area contributed by atoms with Crippen LogP contribution in [-0.2, 0) is 4.79 Å². The van der Waals surface area contributed by atoms with Gasteiger partial charge < -0.3 is 5.32 Å². The number of aromatic amines is 1. The van der Waals surface area contributed by atoms with E-state index in [1.165, 1.54) is 0 Å². The van der Waals surface area contributed by atoms with Crippen molar-refractivity contribution in [3.63, 3.8) is 0 Å². The van der Waals surface area contributed by atoms with Crippen LogP contribution in [0.4, 0.5) is 5.69 Å². The van der Waals surface area contributed by atoms with E-state index in [0.29, 0.717) is 6.42 Å². The molecule has 0 unspecified atom stereocenters. The summed E-state index contributed by atoms with van der Waals surface area (Å²) < 4.78 is 0. The highest BCUT2D eigenvalue weighted by Crippen LogP contribution is 2.03. The van der Waals surface area contributed by atoms with Crippen LogP contribution in [0.2, 0.25) is 0 Å². The Morgan fingerprint density at radius 1 is 1.75 bits per heavy atom. The average molecular weight is 167 g/mol. The topological polar surface area (TPSA) is 57.8 Å². The normalized spacial score (nSPS) is 9.75. The van der Waals surface area contributed by atoms with Crippen LogP contribution in [0, 0.1) is 0 Å². The van der Waals surface area contributed by atoms with Gasteiger partial charge >= 0.3 is 0 Å². The van der Waals surface area contributed by atoms with Crippen LogP contribution >= 0.6 is 0 Å². The Morgan fingerprint density at radius 2 is 2.58 bits per heavy atom. The van der Waals surface area contributed by atoms with E-state index >= 15 is 0 Å². The molecule has 1 heterocycles. The van der Waals surface area contributed by atoms with Crippen LogP contribution in [0.25, 0.3) is 0 Å². The van der Waals surface area contributed by atoms with Crippen molar-refractivity contribution in [1.29, 1.82) is 0 Å². The Labute approximate surface area is 71.4 Å². The van der Waals surface area contributed by atoms with Gasteiger partial charge in [0.15, 0.2) is 0 Å². The zero-order valence-electron chi connectivity index (χ0n) is 7.13. The molecule has 0 fully saturated rings. The number of anilines is 1. The van der Waals surface area contributed by atoms with Crippen LogP contribution in [0.3, 0.4) is 0 Å².